The standard InChI is InChI=1S/C18H22BrNO/c1-13(2)15-5-3-14(4-6-15)12-21-17-7-8-18(19)16(11-17)9-10-20/h3-8,11,13H,9-10,12,20H2,1-2H3. The van der Waals surface area contributed by atoms with Gasteiger partial charge in [0.2, 0.25) is 0 Å². The number of benzene rings is 2. The van der Waals surface area contributed by atoms with Crippen molar-refractivity contribution < 1.29 is 4.74 Å². The fraction of sp³-hybridized carbons (Fsp3) is 0.333. The zero-order valence-corrected chi connectivity index (χ0v) is 14.2. The number of nitrogens with two attached hydrogens (primary N) is 1. The van der Waals surface area contributed by atoms with E-state index in [1.54, 1.807) is 0 Å². The van der Waals surface area contributed by atoms with E-state index in [4.69, 9.17) is 10.5 Å². The molecule has 0 spiro atoms. The lowest BCUT2D eigenvalue weighted by molar-refractivity contribution is 0.306. The van der Waals surface area contributed by atoms with E-state index in [0.717, 1.165) is 16.6 Å². The molecule has 0 aliphatic heterocycles. The average Bonchev–Trinajstić information content (AvgIpc) is 2.48. The molecule has 0 aliphatic carbocycles. The minimum atomic E-state index is 0.560. The molecule has 0 fully saturated rings. The highest BCUT2D eigenvalue weighted by atomic mass is 79.9. The number of rotatable bonds is 6. The summed E-state index contributed by atoms with van der Waals surface area (Å²) in [5.41, 5.74) is 9.34. The molecule has 0 bridgehead atoms. The first-order chi connectivity index (χ1) is 10.1. The predicted molar refractivity (Wildman–Crippen MR) is 91.8 cm³/mol. The van der Waals surface area contributed by atoms with Gasteiger partial charge in [-0.1, -0.05) is 54.0 Å². The van der Waals surface area contributed by atoms with Gasteiger partial charge in [0.1, 0.15) is 12.4 Å². The number of hydrogen-bond acceptors (Lipinski definition) is 2. The van der Waals surface area contributed by atoms with Gasteiger partial charge in [0.05, 0.1) is 0 Å². The second kappa shape index (κ2) is 7.62. The zero-order valence-electron chi connectivity index (χ0n) is 12.6. The third kappa shape index (κ3) is 4.58. The quantitative estimate of drug-likeness (QED) is 0.825. The predicted octanol–water partition coefficient (Wildman–Crippen LogP) is 4.65. The van der Waals surface area contributed by atoms with Gasteiger partial charge in [-0.15, -0.1) is 0 Å². The normalized spacial score (nSPS) is 10.9. The van der Waals surface area contributed by atoms with Crippen LogP contribution < -0.4 is 10.5 Å². The Kier molecular flexibility index (Phi) is 5.83. The first-order valence-corrected chi connectivity index (χ1v) is 8.09. The van der Waals surface area contributed by atoms with E-state index in [0.29, 0.717) is 19.1 Å². The van der Waals surface area contributed by atoms with Crippen molar-refractivity contribution in [2.24, 2.45) is 5.73 Å². The van der Waals surface area contributed by atoms with Crippen molar-refractivity contribution in [1.82, 2.24) is 0 Å². The Morgan fingerprint density at radius 2 is 1.81 bits per heavy atom. The topological polar surface area (TPSA) is 35.2 Å². The molecule has 2 rings (SSSR count). The van der Waals surface area contributed by atoms with Crippen LogP contribution in [-0.2, 0) is 13.0 Å². The number of halogens is 1. The van der Waals surface area contributed by atoms with Crippen molar-refractivity contribution in [3.63, 3.8) is 0 Å². The van der Waals surface area contributed by atoms with E-state index in [-0.39, 0.29) is 0 Å². The second-order valence-electron chi connectivity index (χ2n) is 5.48. The molecule has 0 saturated heterocycles. The first kappa shape index (κ1) is 16.1. The molecule has 0 aromatic heterocycles. The zero-order chi connectivity index (χ0) is 15.2. The Bertz CT molecular complexity index is 578. The lowest BCUT2D eigenvalue weighted by Crippen LogP contribution is -2.04. The Hall–Kier alpha value is -1.32. The fourth-order valence-corrected chi connectivity index (χ4v) is 2.60. The summed E-state index contributed by atoms with van der Waals surface area (Å²) in [5, 5.41) is 0. The first-order valence-electron chi connectivity index (χ1n) is 7.30. The van der Waals surface area contributed by atoms with Crippen molar-refractivity contribution >= 4 is 15.9 Å². The fourth-order valence-electron chi connectivity index (χ4n) is 2.15. The van der Waals surface area contributed by atoms with Gasteiger partial charge in [0.15, 0.2) is 0 Å². The Morgan fingerprint density at radius 3 is 2.43 bits per heavy atom. The molecule has 0 amide bonds. The van der Waals surface area contributed by atoms with E-state index < -0.39 is 0 Å². The van der Waals surface area contributed by atoms with Gasteiger partial charge in [0.25, 0.3) is 0 Å². The van der Waals surface area contributed by atoms with Gasteiger partial charge in [-0.05, 0) is 53.8 Å². The molecule has 112 valence electrons. The molecule has 3 heteroatoms. The Labute approximate surface area is 135 Å². The van der Waals surface area contributed by atoms with Crippen LogP contribution in [0.2, 0.25) is 0 Å². The summed E-state index contributed by atoms with van der Waals surface area (Å²) in [4.78, 5) is 0. The number of hydrogen-bond donors (Lipinski definition) is 1. The van der Waals surface area contributed by atoms with Gasteiger partial charge in [-0.2, -0.15) is 0 Å². The average molecular weight is 348 g/mol. The Balaban J connectivity index is 2.00. The van der Waals surface area contributed by atoms with Crippen LogP contribution in [0, 0.1) is 0 Å². The van der Waals surface area contributed by atoms with Crippen LogP contribution in [0.4, 0.5) is 0 Å². The summed E-state index contributed by atoms with van der Waals surface area (Å²) in [7, 11) is 0. The summed E-state index contributed by atoms with van der Waals surface area (Å²) in [6.07, 6.45) is 0.848. The minimum Gasteiger partial charge on any atom is -0.489 e. The summed E-state index contributed by atoms with van der Waals surface area (Å²) >= 11 is 3.54. The van der Waals surface area contributed by atoms with Crippen molar-refractivity contribution in [3.05, 3.63) is 63.6 Å². The SMILES string of the molecule is CC(C)c1ccc(COc2ccc(Br)c(CCN)c2)cc1. The molecule has 2 nitrogen and oxygen atoms in total. The summed E-state index contributed by atoms with van der Waals surface area (Å²) in [5.74, 6) is 1.44. The molecule has 2 N–H and O–H groups in total. The molecule has 0 unspecified atom stereocenters. The molecule has 0 atom stereocenters. The highest BCUT2D eigenvalue weighted by Crippen LogP contribution is 2.24. The molecule has 2 aromatic rings. The minimum absolute atomic E-state index is 0.560. The van der Waals surface area contributed by atoms with Gasteiger partial charge < -0.3 is 10.5 Å². The monoisotopic (exact) mass is 347 g/mol. The van der Waals surface area contributed by atoms with E-state index in [9.17, 15) is 0 Å². The molecule has 0 radical (unpaired) electrons. The summed E-state index contributed by atoms with van der Waals surface area (Å²) in [6.45, 7) is 5.62. The highest BCUT2D eigenvalue weighted by Gasteiger charge is 2.03. The largest absolute Gasteiger partial charge is 0.489 e. The van der Waals surface area contributed by atoms with Gasteiger partial charge >= 0.3 is 0 Å². The van der Waals surface area contributed by atoms with E-state index in [1.165, 1.54) is 16.7 Å². The summed E-state index contributed by atoms with van der Waals surface area (Å²) in [6, 6.07) is 14.7. The molecular formula is C18H22BrNO. The van der Waals surface area contributed by atoms with Crippen molar-refractivity contribution in [2.45, 2.75) is 32.8 Å². The third-order valence-electron chi connectivity index (χ3n) is 3.48. The molecule has 0 heterocycles. The molecule has 2 aromatic carbocycles. The highest BCUT2D eigenvalue weighted by molar-refractivity contribution is 9.10. The number of ether oxygens (including phenoxy) is 1. The summed E-state index contributed by atoms with van der Waals surface area (Å²) < 4.78 is 6.96. The van der Waals surface area contributed by atoms with Gasteiger partial charge in [-0.25, -0.2) is 0 Å². The third-order valence-corrected chi connectivity index (χ3v) is 4.26. The molecule has 21 heavy (non-hydrogen) atoms. The lowest BCUT2D eigenvalue weighted by Gasteiger charge is -2.10. The van der Waals surface area contributed by atoms with Crippen LogP contribution in [0.15, 0.2) is 46.9 Å². The Morgan fingerprint density at radius 1 is 1.10 bits per heavy atom. The van der Waals surface area contributed by atoms with E-state index in [1.807, 2.05) is 12.1 Å². The second-order valence-corrected chi connectivity index (χ2v) is 6.33. The van der Waals surface area contributed by atoms with Crippen LogP contribution in [-0.4, -0.2) is 6.54 Å². The van der Waals surface area contributed by atoms with Gasteiger partial charge in [0, 0.05) is 4.47 Å². The maximum absolute atomic E-state index is 5.87. The van der Waals surface area contributed by atoms with Crippen molar-refractivity contribution in [2.75, 3.05) is 6.54 Å². The maximum Gasteiger partial charge on any atom is 0.120 e. The van der Waals surface area contributed by atoms with E-state index >= 15 is 0 Å². The van der Waals surface area contributed by atoms with Crippen molar-refractivity contribution in [1.29, 1.82) is 0 Å². The molecular weight excluding hydrogens is 326 g/mol. The van der Waals surface area contributed by atoms with Crippen LogP contribution in [0.1, 0.15) is 36.5 Å². The van der Waals surface area contributed by atoms with Crippen LogP contribution >= 0.6 is 15.9 Å². The van der Waals surface area contributed by atoms with Crippen molar-refractivity contribution in [3.8, 4) is 5.75 Å². The van der Waals surface area contributed by atoms with Gasteiger partial charge in [-0.3, -0.25) is 0 Å². The van der Waals surface area contributed by atoms with Crippen LogP contribution in [0.3, 0.4) is 0 Å². The molecule has 0 aliphatic rings. The smallest absolute Gasteiger partial charge is 0.120 e. The van der Waals surface area contributed by atoms with E-state index in [2.05, 4.69) is 60.1 Å². The maximum atomic E-state index is 5.87. The lowest BCUT2D eigenvalue weighted by atomic mass is 10.0. The molecule has 0 saturated carbocycles. The van der Waals surface area contributed by atoms with Crippen LogP contribution in [0.5, 0.6) is 5.75 Å². The van der Waals surface area contributed by atoms with Crippen LogP contribution in [0.25, 0.3) is 0 Å².